The molecule has 0 radical (unpaired) electrons. The monoisotopic (exact) mass is 342 g/mol. The van der Waals surface area contributed by atoms with Gasteiger partial charge in [-0.2, -0.15) is 0 Å². The molecule has 0 aliphatic carbocycles. The quantitative estimate of drug-likeness (QED) is 0.824. The zero-order chi connectivity index (χ0) is 17.6. The molecule has 0 atom stereocenters. The van der Waals surface area contributed by atoms with Gasteiger partial charge in [0.25, 0.3) is 5.91 Å². The van der Waals surface area contributed by atoms with Gasteiger partial charge in [0.1, 0.15) is 6.33 Å². The van der Waals surface area contributed by atoms with Crippen molar-refractivity contribution in [1.82, 2.24) is 30.0 Å². The summed E-state index contributed by atoms with van der Waals surface area (Å²) < 4.78 is 1.66. The van der Waals surface area contributed by atoms with E-state index in [0.29, 0.717) is 12.5 Å². The Balaban J connectivity index is 1.58. The maximum atomic E-state index is 12.8. The maximum Gasteiger partial charge on any atom is 0.253 e. The van der Waals surface area contributed by atoms with Crippen molar-refractivity contribution >= 4 is 5.91 Å². The van der Waals surface area contributed by atoms with E-state index in [1.807, 2.05) is 29.2 Å². The predicted octanol–water partition coefficient (Wildman–Crippen LogP) is 1.53. The molecule has 1 fully saturated rings. The average Bonchev–Trinajstić information content (AvgIpc) is 2.99. The van der Waals surface area contributed by atoms with Crippen LogP contribution < -0.4 is 0 Å². The Labute approximate surface area is 148 Å². The maximum absolute atomic E-state index is 12.8. The number of carbonyl (C=O) groups excluding carboxylic acids is 1. The van der Waals surface area contributed by atoms with Crippen molar-refractivity contribution in [3.63, 3.8) is 0 Å². The Morgan fingerprint density at radius 2 is 1.92 bits per heavy atom. The second-order valence-electron chi connectivity index (χ2n) is 7.04. The molecule has 3 rings (SSSR count). The molecule has 1 aliphatic heterocycles. The van der Waals surface area contributed by atoms with Gasteiger partial charge >= 0.3 is 0 Å². The van der Waals surface area contributed by atoms with Gasteiger partial charge in [-0.1, -0.05) is 26.0 Å². The van der Waals surface area contributed by atoms with E-state index in [1.165, 1.54) is 0 Å². The number of aromatic nitrogens is 4. The van der Waals surface area contributed by atoms with Crippen molar-refractivity contribution in [2.75, 3.05) is 32.7 Å². The highest BCUT2D eigenvalue weighted by Crippen LogP contribution is 2.12. The van der Waals surface area contributed by atoms with Crippen LogP contribution in [0.3, 0.4) is 0 Å². The number of rotatable bonds is 5. The normalized spacial score (nSPS) is 16.2. The minimum absolute atomic E-state index is 0.125. The van der Waals surface area contributed by atoms with Crippen LogP contribution in [0, 0.1) is 5.92 Å². The first kappa shape index (κ1) is 17.5. The highest BCUT2D eigenvalue weighted by Gasteiger charge is 2.20. The molecule has 1 saturated heterocycles. The molecular weight excluding hydrogens is 316 g/mol. The standard InChI is InChI=1S/C18H26N6O/c1-15(2)12-22-8-3-9-23(11-10-22)18(25)17-6-4-16(5-7-17)13-24-14-19-20-21-24/h4-7,14-15H,3,8-13H2,1-2H3. The Hall–Kier alpha value is -2.28. The molecule has 0 spiro atoms. The number of nitrogens with zero attached hydrogens (tertiary/aromatic N) is 6. The molecule has 0 unspecified atom stereocenters. The molecule has 1 aliphatic rings. The molecule has 25 heavy (non-hydrogen) atoms. The van der Waals surface area contributed by atoms with E-state index in [2.05, 4.69) is 34.3 Å². The molecule has 2 heterocycles. The van der Waals surface area contributed by atoms with Gasteiger partial charge in [0.15, 0.2) is 0 Å². The Bertz CT molecular complexity index is 667. The summed E-state index contributed by atoms with van der Waals surface area (Å²) in [6.45, 7) is 9.87. The number of amides is 1. The van der Waals surface area contributed by atoms with E-state index in [0.717, 1.165) is 50.3 Å². The third-order valence-corrected chi connectivity index (χ3v) is 4.44. The number of benzene rings is 1. The Morgan fingerprint density at radius 3 is 2.60 bits per heavy atom. The van der Waals surface area contributed by atoms with Crippen LogP contribution in [0.5, 0.6) is 0 Å². The molecule has 1 amide bonds. The molecule has 1 aromatic heterocycles. The molecule has 0 saturated carbocycles. The summed E-state index contributed by atoms with van der Waals surface area (Å²) in [7, 11) is 0. The van der Waals surface area contributed by atoms with Gasteiger partial charge in [-0.05, 0) is 47.0 Å². The van der Waals surface area contributed by atoms with Crippen LogP contribution in [0.2, 0.25) is 0 Å². The van der Waals surface area contributed by atoms with Crippen LogP contribution in [0.25, 0.3) is 0 Å². The lowest BCUT2D eigenvalue weighted by Gasteiger charge is -2.23. The molecule has 134 valence electrons. The fraction of sp³-hybridized carbons (Fsp3) is 0.556. The zero-order valence-electron chi connectivity index (χ0n) is 15.0. The number of hydrogen-bond donors (Lipinski definition) is 0. The van der Waals surface area contributed by atoms with Crippen LogP contribution in [0.4, 0.5) is 0 Å². The van der Waals surface area contributed by atoms with Crippen molar-refractivity contribution in [3.8, 4) is 0 Å². The van der Waals surface area contributed by atoms with Crippen LogP contribution in [0.1, 0.15) is 36.2 Å². The van der Waals surface area contributed by atoms with E-state index in [9.17, 15) is 4.79 Å². The first-order valence-electron chi connectivity index (χ1n) is 8.93. The zero-order valence-corrected chi connectivity index (χ0v) is 15.0. The van der Waals surface area contributed by atoms with E-state index < -0.39 is 0 Å². The van der Waals surface area contributed by atoms with Crippen molar-refractivity contribution in [1.29, 1.82) is 0 Å². The van der Waals surface area contributed by atoms with Gasteiger partial charge in [-0.15, -0.1) is 5.10 Å². The summed E-state index contributed by atoms with van der Waals surface area (Å²) in [6.07, 6.45) is 2.62. The summed E-state index contributed by atoms with van der Waals surface area (Å²) in [5.74, 6) is 0.787. The van der Waals surface area contributed by atoms with Gasteiger partial charge in [-0.25, -0.2) is 4.68 Å². The van der Waals surface area contributed by atoms with Gasteiger partial charge < -0.3 is 9.80 Å². The molecule has 1 aromatic carbocycles. The average molecular weight is 342 g/mol. The molecule has 0 N–H and O–H groups in total. The van der Waals surface area contributed by atoms with Gasteiger partial charge in [0.05, 0.1) is 6.54 Å². The predicted molar refractivity (Wildman–Crippen MR) is 95.2 cm³/mol. The second-order valence-corrected chi connectivity index (χ2v) is 7.04. The van der Waals surface area contributed by atoms with Crippen molar-refractivity contribution in [2.45, 2.75) is 26.8 Å². The van der Waals surface area contributed by atoms with E-state index in [-0.39, 0.29) is 5.91 Å². The third kappa shape index (κ3) is 4.85. The van der Waals surface area contributed by atoms with E-state index in [1.54, 1.807) is 11.0 Å². The van der Waals surface area contributed by atoms with Crippen LogP contribution in [-0.2, 0) is 6.54 Å². The smallest absolute Gasteiger partial charge is 0.253 e. The summed E-state index contributed by atoms with van der Waals surface area (Å²) in [6, 6.07) is 7.74. The molecule has 7 nitrogen and oxygen atoms in total. The van der Waals surface area contributed by atoms with E-state index >= 15 is 0 Å². The highest BCUT2D eigenvalue weighted by molar-refractivity contribution is 5.94. The summed E-state index contributed by atoms with van der Waals surface area (Å²) in [4.78, 5) is 17.2. The lowest BCUT2D eigenvalue weighted by Crippen LogP contribution is -2.36. The Morgan fingerprint density at radius 1 is 1.12 bits per heavy atom. The Kier molecular flexibility index (Phi) is 5.75. The lowest BCUT2D eigenvalue weighted by atomic mass is 10.1. The molecule has 7 heteroatoms. The van der Waals surface area contributed by atoms with Gasteiger partial charge in [0.2, 0.25) is 0 Å². The highest BCUT2D eigenvalue weighted by atomic mass is 16.2. The largest absolute Gasteiger partial charge is 0.337 e. The second kappa shape index (κ2) is 8.20. The number of tetrazole rings is 1. The first-order chi connectivity index (χ1) is 12.1. The van der Waals surface area contributed by atoms with Gasteiger partial charge in [0, 0.05) is 31.7 Å². The minimum atomic E-state index is 0.125. The van der Waals surface area contributed by atoms with Gasteiger partial charge in [-0.3, -0.25) is 4.79 Å². The fourth-order valence-electron chi connectivity index (χ4n) is 3.25. The van der Waals surface area contributed by atoms with Crippen molar-refractivity contribution in [3.05, 3.63) is 41.7 Å². The van der Waals surface area contributed by atoms with Crippen molar-refractivity contribution < 1.29 is 4.79 Å². The lowest BCUT2D eigenvalue weighted by molar-refractivity contribution is 0.0761. The summed E-state index contributed by atoms with van der Waals surface area (Å²) >= 11 is 0. The molecule has 2 aromatic rings. The third-order valence-electron chi connectivity index (χ3n) is 4.44. The van der Waals surface area contributed by atoms with E-state index in [4.69, 9.17) is 0 Å². The van der Waals surface area contributed by atoms with Crippen LogP contribution >= 0.6 is 0 Å². The first-order valence-corrected chi connectivity index (χ1v) is 8.93. The molecule has 0 bridgehead atoms. The van der Waals surface area contributed by atoms with Crippen LogP contribution in [0.15, 0.2) is 30.6 Å². The van der Waals surface area contributed by atoms with Crippen LogP contribution in [-0.4, -0.2) is 68.6 Å². The number of hydrogen-bond acceptors (Lipinski definition) is 5. The fourth-order valence-corrected chi connectivity index (χ4v) is 3.25. The number of carbonyl (C=O) groups is 1. The summed E-state index contributed by atoms with van der Waals surface area (Å²) in [5.41, 5.74) is 1.82. The SMILES string of the molecule is CC(C)CN1CCCN(C(=O)c2ccc(Cn3cnnn3)cc2)CC1. The van der Waals surface area contributed by atoms with Crippen molar-refractivity contribution in [2.24, 2.45) is 5.92 Å². The summed E-state index contributed by atoms with van der Waals surface area (Å²) in [5, 5.41) is 11.1. The minimum Gasteiger partial charge on any atom is -0.337 e. The topological polar surface area (TPSA) is 67.2 Å². The molecular formula is C18H26N6O.